The molecule has 1 N–H and O–H groups in total. The van der Waals surface area contributed by atoms with Gasteiger partial charge in [0.25, 0.3) is 5.56 Å². The Balaban J connectivity index is 2.00. The van der Waals surface area contributed by atoms with E-state index in [4.69, 9.17) is 0 Å². The molecule has 3 aromatic heterocycles. The third kappa shape index (κ3) is 2.25. The first kappa shape index (κ1) is 13.8. The summed E-state index contributed by atoms with van der Waals surface area (Å²) in [6.07, 6.45) is 5.12. The lowest BCUT2D eigenvalue weighted by atomic mass is 10.0. The van der Waals surface area contributed by atoms with Crippen molar-refractivity contribution in [1.29, 1.82) is 0 Å². The third-order valence-corrected chi connectivity index (χ3v) is 4.45. The minimum absolute atomic E-state index is 0.134. The fourth-order valence-corrected chi connectivity index (χ4v) is 3.25. The van der Waals surface area contributed by atoms with Gasteiger partial charge in [-0.25, -0.2) is 14.6 Å². The van der Waals surface area contributed by atoms with Crippen LogP contribution >= 0.6 is 11.3 Å². The van der Waals surface area contributed by atoms with Crippen molar-refractivity contribution in [3.8, 4) is 16.3 Å². The van der Waals surface area contributed by atoms with E-state index >= 15 is 0 Å². The Hall–Kier alpha value is -2.80. The molecule has 0 saturated carbocycles. The van der Waals surface area contributed by atoms with Crippen LogP contribution in [0.2, 0.25) is 0 Å². The molecule has 0 bridgehead atoms. The van der Waals surface area contributed by atoms with Gasteiger partial charge in [0.2, 0.25) is 5.13 Å². The molecule has 0 saturated heterocycles. The monoisotopic (exact) mass is 323 g/mol. The number of H-pyrrole nitrogens is 1. The van der Waals surface area contributed by atoms with E-state index < -0.39 is 0 Å². The van der Waals surface area contributed by atoms with E-state index in [2.05, 4.69) is 20.1 Å². The number of rotatable bonds is 2. The van der Waals surface area contributed by atoms with Crippen molar-refractivity contribution in [3.05, 3.63) is 57.8 Å². The summed E-state index contributed by atoms with van der Waals surface area (Å²) in [5.41, 5.74) is 4.28. The largest absolute Gasteiger partial charge is 0.313 e. The van der Waals surface area contributed by atoms with Crippen LogP contribution in [0.1, 0.15) is 11.3 Å². The van der Waals surface area contributed by atoms with Crippen LogP contribution in [0.3, 0.4) is 0 Å². The van der Waals surface area contributed by atoms with Gasteiger partial charge in [-0.15, -0.1) is 11.3 Å². The summed E-state index contributed by atoms with van der Waals surface area (Å²) in [5, 5.41) is 7.85. The van der Waals surface area contributed by atoms with E-state index in [1.54, 1.807) is 10.9 Å². The standard InChI is InChI=1S/C16H13N5OS/c1-9-5-11(14-12(6-9)15(22)19-8-18-14)13-7-21(20-10(13)2)16-17-3-4-23-16/h3-8H,1-2H3,(H,18,19,22). The third-order valence-electron chi connectivity index (χ3n) is 3.69. The molecule has 0 atom stereocenters. The zero-order valence-corrected chi connectivity index (χ0v) is 13.4. The topological polar surface area (TPSA) is 76.5 Å². The van der Waals surface area contributed by atoms with Gasteiger partial charge in [-0.2, -0.15) is 5.10 Å². The fraction of sp³-hybridized carbons (Fsp3) is 0.125. The van der Waals surface area contributed by atoms with Gasteiger partial charge in [0.05, 0.1) is 22.9 Å². The summed E-state index contributed by atoms with van der Waals surface area (Å²) in [6, 6.07) is 3.89. The number of hydrogen-bond donors (Lipinski definition) is 1. The van der Waals surface area contributed by atoms with Crippen molar-refractivity contribution in [2.24, 2.45) is 0 Å². The highest BCUT2D eigenvalue weighted by Crippen LogP contribution is 2.30. The number of benzene rings is 1. The Morgan fingerprint density at radius 2 is 2.04 bits per heavy atom. The van der Waals surface area contributed by atoms with Gasteiger partial charge < -0.3 is 4.98 Å². The lowest BCUT2D eigenvalue weighted by Crippen LogP contribution is -2.07. The molecule has 4 aromatic rings. The van der Waals surface area contributed by atoms with Gasteiger partial charge >= 0.3 is 0 Å². The second-order valence-electron chi connectivity index (χ2n) is 5.33. The maximum atomic E-state index is 12.1. The number of aromatic nitrogens is 5. The first-order valence-electron chi connectivity index (χ1n) is 7.08. The highest BCUT2D eigenvalue weighted by Gasteiger charge is 2.15. The van der Waals surface area contributed by atoms with Crippen LogP contribution in [0, 0.1) is 13.8 Å². The average molecular weight is 323 g/mol. The van der Waals surface area contributed by atoms with Crippen molar-refractivity contribution in [2.75, 3.05) is 0 Å². The molecule has 0 aliphatic heterocycles. The number of thiazole rings is 1. The molecule has 0 unspecified atom stereocenters. The lowest BCUT2D eigenvalue weighted by molar-refractivity contribution is 0.853. The van der Waals surface area contributed by atoms with E-state index in [-0.39, 0.29) is 5.56 Å². The van der Waals surface area contributed by atoms with E-state index in [1.807, 2.05) is 37.6 Å². The predicted molar refractivity (Wildman–Crippen MR) is 90.1 cm³/mol. The number of nitrogens with one attached hydrogen (secondary N) is 1. The van der Waals surface area contributed by atoms with Crippen molar-refractivity contribution in [3.63, 3.8) is 0 Å². The fourth-order valence-electron chi connectivity index (χ4n) is 2.68. The van der Waals surface area contributed by atoms with Crippen molar-refractivity contribution < 1.29 is 0 Å². The Morgan fingerprint density at radius 3 is 2.83 bits per heavy atom. The Labute approximate surface area is 135 Å². The average Bonchev–Trinajstić information content (AvgIpc) is 3.17. The lowest BCUT2D eigenvalue weighted by Gasteiger charge is -2.06. The maximum absolute atomic E-state index is 12.1. The van der Waals surface area contributed by atoms with Gasteiger partial charge in [0, 0.05) is 28.9 Å². The Bertz CT molecular complexity index is 1060. The molecule has 0 aliphatic carbocycles. The molecule has 6 nitrogen and oxygen atoms in total. The van der Waals surface area contributed by atoms with Gasteiger partial charge in [-0.05, 0) is 31.5 Å². The number of fused-ring (bicyclic) bond motifs is 1. The smallest absolute Gasteiger partial charge is 0.258 e. The molecular formula is C16H13N5OS. The molecule has 0 radical (unpaired) electrons. The summed E-state index contributed by atoms with van der Waals surface area (Å²) in [7, 11) is 0. The van der Waals surface area contributed by atoms with Gasteiger partial charge in [-0.3, -0.25) is 4.79 Å². The summed E-state index contributed by atoms with van der Waals surface area (Å²) < 4.78 is 1.76. The number of aromatic amines is 1. The molecule has 23 heavy (non-hydrogen) atoms. The molecule has 0 spiro atoms. The minimum atomic E-state index is -0.134. The second kappa shape index (κ2) is 5.13. The van der Waals surface area contributed by atoms with Crippen LogP contribution < -0.4 is 5.56 Å². The van der Waals surface area contributed by atoms with Crippen molar-refractivity contribution in [1.82, 2.24) is 24.7 Å². The van der Waals surface area contributed by atoms with Gasteiger partial charge in [-0.1, -0.05) is 0 Å². The highest BCUT2D eigenvalue weighted by molar-refractivity contribution is 7.12. The van der Waals surface area contributed by atoms with Crippen LogP contribution in [0.25, 0.3) is 27.2 Å². The summed E-state index contributed by atoms with van der Waals surface area (Å²) in [5.74, 6) is 0. The minimum Gasteiger partial charge on any atom is -0.313 e. The molecule has 4 rings (SSSR count). The molecule has 7 heteroatoms. The SMILES string of the molecule is Cc1cc(-c2cn(-c3nccs3)nc2C)c2nc[nH]c(=O)c2c1. The number of nitrogens with zero attached hydrogens (tertiary/aromatic N) is 4. The van der Waals surface area contributed by atoms with Gasteiger partial charge in [0.15, 0.2) is 0 Å². The normalized spacial score (nSPS) is 11.2. The summed E-state index contributed by atoms with van der Waals surface area (Å²) >= 11 is 1.52. The zero-order valence-electron chi connectivity index (χ0n) is 12.6. The maximum Gasteiger partial charge on any atom is 0.258 e. The number of aryl methyl sites for hydroxylation is 2. The van der Waals surface area contributed by atoms with Crippen molar-refractivity contribution >= 4 is 22.2 Å². The van der Waals surface area contributed by atoms with Crippen LogP contribution in [-0.2, 0) is 0 Å². The van der Waals surface area contributed by atoms with E-state index in [9.17, 15) is 4.79 Å². The first-order chi connectivity index (χ1) is 11.1. The summed E-state index contributed by atoms with van der Waals surface area (Å²) in [4.78, 5) is 23.3. The molecule has 0 aliphatic rings. The predicted octanol–water partition coefficient (Wildman–Crippen LogP) is 2.85. The quantitative estimate of drug-likeness (QED) is 0.615. The Morgan fingerprint density at radius 1 is 1.17 bits per heavy atom. The Kier molecular flexibility index (Phi) is 3.09. The highest BCUT2D eigenvalue weighted by atomic mass is 32.1. The van der Waals surface area contributed by atoms with Gasteiger partial charge in [0.1, 0.15) is 0 Å². The van der Waals surface area contributed by atoms with E-state index in [1.165, 1.54) is 17.7 Å². The second-order valence-corrected chi connectivity index (χ2v) is 6.20. The molecule has 0 amide bonds. The molecular weight excluding hydrogens is 310 g/mol. The van der Waals surface area contributed by atoms with E-state index in [0.29, 0.717) is 10.9 Å². The van der Waals surface area contributed by atoms with Crippen LogP contribution in [0.4, 0.5) is 0 Å². The zero-order chi connectivity index (χ0) is 16.0. The van der Waals surface area contributed by atoms with Crippen LogP contribution in [0.5, 0.6) is 0 Å². The molecule has 0 fully saturated rings. The van der Waals surface area contributed by atoms with Crippen LogP contribution in [0.15, 0.2) is 41.0 Å². The number of hydrogen-bond acceptors (Lipinski definition) is 5. The molecule has 3 heterocycles. The molecule has 114 valence electrons. The molecule has 1 aromatic carbocycles. The summed E-state index contributed by atoms with van der Waals surface area (Å²) in [6.45, 7) is 3.91. The van der Waals surface area contributed by atoms with Crippen LogP contribution in [-0.4, -0.2) is 24.7 Å². The van der Waals surface area contributed by atoms with E-state index in [0.717, 1.165) is 27.5 Å². The first-order valence-corrected chi connectivity index (χ1v) is 7.96. The van der Waals surface area contributed by atoms with Crippen molar-refractivity contribution in [2.45, 2.75) is 13.8 Å².